The van der Waals surface area contributed by atoms with Crippen molar-refractivity contribution in [2.75, 3.05) is 6.61 Å². The summed E-state index contributed by atoms with van der Waals surface area (Å²) in [4.78, 5) is 37.3. The van der Waals surface area contributed by atoms with Gasteiger partial charge in [-0.25, -0.2) is 9.59 Å². The van der Waals surface area contributed by atoms with Gasteiger partial charge < -0.3 is 14.2 Å². The fraction of sp³-hybridized carbons (Fsp3) is 0.182. The molecule has 6 nitrogen and oxygen atoms in total. The number of carbonyl (C=O) groups is 3. The van der Waals surface area contributed by atoms with Crippen molar-refractivity contribution in [1.29, 1.82) is 0 Å². The van der Waals surface area contributed by atoms with E-state index in [4.69, 9.17) is 14.2 Å². The molecule has 3 atom stereocenters. The number of carbonyl (C=O) groups excluding carboxylic acids is 3. The maximum Gasteiger partial charge on any atom is 0.338 e. The van der Waals surface area contributed by atoms with Crippen LogP contribution in [-0.2, 0) is 19.0 Å². The van der Waals surface area contributed by atoms with Crippen molar-refractivity contribution in [3.8, 4) is 22.3 Å². The number of esters is 3. The molecule has 5 rings (SSSR count). The van der Waals surface area contributed by atoms with Crippen molar-refractivity contribution >= 4 is 29.7 Å². The topological polar surface area (TPSA) is 78.9 Å². The molecule has 40 heavy (non-hydrogen) atoms. The molecule has 1 heterocycles. The van der Waals surface area contributed by atoms with E-state index in [1.165, 1.54) is 18.7 Å². The first-order valence-corrected chi connectivity index (χ1v) is 13.9. The van der Waals surface area contributed by atoms with Crippen molar-refractivity contribution < 1.29 is 28.6 Å². The molecule has 0 aromatic heterocycles. The summed E-state index contributed by atoms with van der Waals surface area (Å²) in [7, 11) is 0. The third-order valence-corrected chi connectivity index (χ3v) is 7.94. The van der Waals surface area contributed by atoms with E-state index in [0.717, 1.165) is 22.3 Å². The zero-order chi connectivity index (χ0) is 27.9. The van der Waals surface area contributed by atoms with E-state index in [-0.39, 0.29) is 11.9 Å². The van der Waals surface area contributed by atoms with Crippen molar-refractivity contribution in [3.63, 3.8) is 0 Å². The van der Waals surface area contributed by atoms with Crippen LogP contribution < -0.4 is 0 Å². The third-order valence-electron chi connectivity index (χ3n) is 6.56. The molecule has 0 saturated carbocycles. The minimum atomic E-state index is -0.594. The second kappa shape index (κ2) is 12.7. The fourth-order valence-electron chi connectivity index (χ4n) is 4.52. The van der Waals surface area contributed by atoms with Crippen LogP contribution in [0.1, 0.15) is 34.1 Å². The van der Waals surface area contributed by atoms with E-state index in [0.29, 0.717) is 17.5 Å². The van der Waals surface area contributed by atoms with E-state index in [2.05, 4.69) is 0 Å². The molecule has 1 aliphatic rings. The first kappa shape index (κ1) is 27.2. The highest BCUT2D eigenvalue weighted by Crippen LogP contribution is 2.37. The molecule has 1 fully saturated rings. The molecule has 4 aromatic carbocycles. The van der Waals surface area contributed by atoms with Crippen LogP contribution in [0, 0.1) is 0 Å². The molecule has 0 amide bonds. The highest BCUT2D eigenvalue weighted by atomic mass is 32.2. The van der Waals surface area contributed by atoms with Gasteiger partial charge in [-0.1, -0.05) is 84.9 Å². The zero-order valence-corrected chi connectivity index (χ0v) is 22.7. The van der Waals surface area contributed by atoms with E-state index in [9.17, 15) is 14.4 Å². The Morgan fingerprint density at radius 3 is 1.62 bits per heavy atom. The van der Waals surface area contributed by atoms with Gasteiger partial charge in [-0.05, 0) is 46.5 Å². The zero-order valence-electron chi connectivity index (χ0n) is 21.9. The lowest BCUT2D eigenvalue weighted by Crippen LogP contribution is -2.29. The van der Waals surface area contributed by atoms with Gasteiger partial charge in [0, 0.05) is 13.3 Å². The molecule has 4 aromatic rings. The Morgan fingerprint density at radius 1 is 0.650 bits per heavy atom. The Morgan fingerprint density at radius 2 is 1.12 bits per heavy atom. The number of ether oxygens (including phenoxy) is 3. The summed E-state index contributed by atoms with van der Waals surface area (Å²) in [6, 6.07) is 34.2. The standard InChI is InChI=1S/C33H28O6S/c1-22(34)38-31-20-29(39-33(36)28-18-14-26(15-19-28)24-10-6-3-7-11-24)30(40-31)21-37-32(35)27-16-12-25(13-17-27)23-8-4-2-5-9-23/h2-19,29-31H,20-21H2,1H3/t29-,30-,31?/m1/s1. The number of hydrogen-bond donors (Lipinski definition) is 0. The maximum absolute atomic E-state index is 13.0. The monoisotopic (exact) mass is 552 g/mol. The van der Waals surface area contributed by atoms with Gasteiger partial charge in [0.15, 0.2) is 5.44 Å². The van der Waals surface area contributed by atoms with E-state index in [1.807, 2.05) is 84.9 Å². The normalized spacial score (nSPS) is 18.1. The van der Waals surface area contributed by atoms with Crippen molar-refractivity contribution in [2.24, 2.45) is 0 Å². The Bertz CT molecular complexity index is 1450. The Balaban J connectivity index is 1.22. The van der Waals surface area contributed by atoms with E-state index in [1.54, 1.807) is 24.3 Å². The van der Waals surface area contributed by atoms with Gasteiger partial charge in [-0.3, -0.25) is 4.79 Å². The van der Waals surface area contributed by atoms with Crippen molar-refractivity contribution in [2.45, 2.75) is 30.1 Å². The molecule has 0 aliphatic carbocycles. The Labute approximate surface area is 237 Å². The molecule has 202 valence electrons. The minimum absolute atomic E-state index is 0.00654. The van der Waals surface area contributed by atoms with E-state index < -0.39 is 29.4 Å². The quantitative estimate of drug-likeness (QED) is 0.176. The molecular weight excluding hydrogens is 524 g/mol. The molecule has 1 unspecified atom stereocenters. The fourth-order valence-corrected chi connectivity index (χ4v) is 5.89. The number of rotatable bonds is 8. The highest BCUT2D eigenvalue weighted by molar-refractivity contribution is 8.00. The number of hydrogen-bond acceptors (Lipinski definition) is 7. The first-order valence-electron chi connectivity index (χ1n) is 13.0. The summed E-state index contributed by atoms with van der Waals surface area (Å²) < 4.78 is 16.8. The van der Waals surface area contributed by atoms with Crippen LogP contribution in [0.3, 0.4) is 0 Å². The van der Waals surface area contributed by atoms with Crippen LogP contribution in [-0.4, -0.2) is 41.3 Å². The lowest BCUT2D eigenvalue weighted by atomic mass is 10.0. The van der Waals surface area contributed by atoms with E-state index >= 15 is 0 Å². The summed E-state index contributed by atoms with van der Waals surface area (Å²) in [6.07, 6.45) is -0.282. The summed E-state index contributed by atoms with van der Waals surface area (Å²) in [5, 5.41) is -0.385. The minimum Gasteiger partial charge on any atom is -0.461 e. The second-order valence-electron chi connectivity index (χ2n) is 9.38. The summed E-state index contributed by atoms with van der Waals surface area (Å²) in [5.41, 5.74) is 4.43. The van der Waals surface area contributed by atoms with Crippen LogP contribution in [0.2, 0.25) is 0 Å². The molecule has 7 heteroatoms. The number of thioether (sulfide) groups is 1. The van der Waals surface area contributed by atoms with Crippen LogP contribution in [0.5, 0.6) is 0 Å². The van der Waals surface area contributed by atoms with Crippen LogP contribution in [0.15, 0.2) is 109 Å². The van der Waals surface area contributed by atoms with Gasteiger partial charge in [-0.15, -0.1) is 11.8 Å². The molecule has 1 saturated heterocycles. The number of benzene rings is 4. The van der Waals surface area contributed by atoms with Gasteiger partial charge in [0.25, 0.3) is 0 Å². The van der Waals surface area contributed by atoms with Gasteiger partial charge >= 0.3 is 17.9 Å². The Hall–Kier alpha value is -4.36. The smallest absolute Gasteiger partial charge is 0.338 e. The largest absolute Gasteiger partial charge is 0.461 e. The predicted octanol–water partition coefficient (Wildman–Crippen LogP) is 6.80. The average Bonchev–Trinajstić information content (AvgIpc) is 3.36. The van der Waals surface area contributed by atoms with Gasteiger partial charge in [0.05, 0.1) is 16.4 Å². The SMILES string of the molecule is CC(=O)OC1C[C@@H](OC(=O)c2ccc(-c3ccccc3)cc2)[C@@H](COC(=O)c2ccc(-c3ccccc3)cc2)S1. The molecule has 0 spiro atoms. The summed E-state index contributed by atoms with van der Waals surface area (Å²) in [5.74, 6) is -1.38. The highest BCUT2D eigenvalue weighted by Gasteiger charge is 2.40. The van der Waals surface area contributed by atoms with Crippen LogP contribution in [0.4, 0.5) is 0 Å². The predicted molar refractivity (Wildman–Crippen MR) is 155 cm³/mol. The molecule has 0 bridgehead atoms. The van der Waals surface area contributed by atoms with Crippen LogP contribution >= 0.6 is 11.8 Å². The molecular formula is C33H28O6S. The van der Waals surface area contributed by atoms with Crippen molar-refractivity contribution in [3.05, 3.63) is 120 Å². The lowest BCUT2D eigenvalue weighted by Gasteiger charge is -2.19. The second-order valence-corrected chi connectivity index (χ2v) is 10.8. The third kappa shape index (κ3) is 6.79. The molecule has 1 aliphatic heterocycles. The molecule has 0 N–H and O–H groups in total. The summed E-state index contributed by atoms with van der Waals surface area (Å²) >= 11 is 1.32. The molecule has 0 radical (unpaired) electrons. The van der Waals surface area contributed by atoms with Gasteiger partial charge in [0.2, 0.25) is 0 Å². The lowest BCUT2D eigenvalue weighted by molar-refractivity contribution is -0.142. The van der Waals surface area contributed by atoms with Gasteiger partial charge in [0.1, 0.15) is 12.7 Å². The first-order chi connectivity index (χ1) is 19.5. The van der Waals surface area contributed by atoms with Crippen molar-refractivity contribution in [1.82, 2.24) is 0 Å². The van der Waals surface area contributed by atoms with Crippen LogP contribution in [0.25, 0.3) is 22.3 Å². The summed E-state index contributed by atoms with van der Waals surface area (Å²) in [6.45, 7) is 1.34. The Kier molecular flexibility index (Phi) is 8.62. The average molecular weight is 553 g/mol. The maximum atomic E-state index is 13.0. The van der Waals surface area contributed by atoms with Gasteiger partial charge in [-0.2, -0.15) is 0 Å².